The van der Waals surface area contributed by atoms with Crippen molar-refractivity contribution < 1.29 is 13.2 Å². The summed E-state index contributed by atoms with van der Waals surface area (Å²) in [6.07, 6.45) is 2.08. The Morgan fingerprint density at radius 2 is 1.95 bits per heavy atom. The molecule has 0 atom stereocenters. The largest absolute Gasteiger partial charge is 0.287 e. The van der Waals surface area contributed by atoms with Crippen LogP contribution in [0.2, 0.25) is 0 Å². The monoisotopic (exact) mass is 280 g/mol. The van der Waals surface area contributed by atoms with Crippen LogP contribution in [-0.4, -0.2) is 39.8 Å². The first-order chi connectivity index (χ1) is 8.80. The molecule has 0 aliphatic rings. The number of carbonyl (C=O) groups excluding carboxylic acids is 1. The van der Waals surface area contributed by atoms with Gasteiger partial charge in [-0.2, -0.15) is 0 Å². The number of aromatic nitrogens is 4. The lowest BCUT2D eigenvalue weighted by Gasteiger charge is -2.05. The second-order valence-electron chi connectivity index (χ2n) is 4.14. The number of pyridine rings is 1. The predicted octanol–water partition coefficient (Wildman–Crippen LogP) is 0.329. The first-order valence-electron chi connectivity index (χ1n) is 5.41. The highest BCUT2D eigenvalue weighted by molar-refractivity contribution is 7.89. The summed E-state index contributed by atoms with van der Waals surface area (Å²) in [4.78, 5) is 16.5. The Kier molecular flexibility index (Phi) is 3.19. The molecule has 0 aromatic carbocycles. The van der Waals surface area contributed by atoms with Crippen molar-refractivity contribution in [2.24, 2.45) is 0 Å². The molecule has 100 valence electrons. The highest BCUT2D eigenvalue weighted by Crippen LogP contribution is 2.13. The van der Waals surface area contributed by atoms with Gasteiger partial charge in [-0.3, -0.25) is 9.78 Å². The van der Waals surface area contributed by atoms with Crippen molar-refractivity contribution in [2.75, 3.05) is 6.26 Å². The van der Waals surface area contributed by atoms with Crippen LogP contribution >= 0.6 is 0 Å². The minimum atomic E-state index is -3.66. The van der Waals surface area contributed by atoms with E-state index < -0.39 is 15.8 Å². The molecule has 0 unspecified atom stereocenters. The number of ketones is 1. The zero-order valence-electron chi connectivity index (χ0n) is 10.7. The summed E-state index contributed by atoms with van der Waals surface area (Å²) in [6, 6.07) is 3.30. The van der Waals surface area contributed by atoms with Gasteiger partial charge >= 0.3 is 0 Å². The fourth-order valence-electron chi connectivity index (χ4n) is 1.68. The summed E-state index contributed by atoms with van der Waals surface area (Å²) in [5.41, 5.74) is 1.55. The Hall–Kier alpha value is -2.09. The van der Waals surface area contributed by atoms with Crippen molar-refractivity contribution in [3.8, 4) is 0 Å². The van der Waals surface area contributed by atoms with E-state index in [2.05, 4.69) is 15.3 Å². The number of hydrogen-bond donors (Lipinski definition) is 0. The van der Waals surface area contributed by atoms with Gasteiger partial charge in [-0.1, -0.05) is 5.21 Å². The normalized spacial score (nSPS) is 11.5. The summed E-state index contributed by atoms with van der Waals surface area (Å²) in [5, 5.41) is 6.89. The number of rotatable bonds is 3. The van der Waals surface area contributed by atoms with E-state index >= 15 is 0 Å². The van der Waals surface area contributed by atoms with Crippen molar-refractivity contribution in [3.63, 3.8) is 0 Å². The van der Waals surface area contributed by atoms with Gasteiger partial charge in [-0.25, -0.2) is 8.42 Å². The van der Waals surface area contributed by atoms with Gasteiger partial charge in [0.2, 0.25) is 5.78 Å². The molecule has 0 aliphatic carbocycles. The van der Waals surface area contributed by atoms with E-state index in [4.69, 9.17) is 0 Å². The molecule has 0 bridgehead atoms. The van der Waals surface area contributed by atoms with Gasteiger partial charge in [-0.05, 0) is 26.0 Å². The van der Waals surface area contributed by atoms with Gasteiger partial charge in [0.25, 0.3) is 10.0 Å². The number of hydrogen-bond acceptors (Lipinski definition) is 6. The van der Waals surface area contributed by atoms with Gasteiger partial charge in [-0.15, -0.1) is 9.19 Å². The molecule has 7 nitrogen and oxygen atoms in total. The van der Waals surface area contributed by atoms with Crippen LogP contribution in [0.4, 0.5) is 0 Å². The maximum Gasteiger partial charge on any atom is 0.252 e. The first-order valence-corrected chi connectivity index (χ1v) is 7.25. The number of aryl methyl sites for hydroxylation is 2. The number of nitrogens with zero attached hydrogens (tertiary/aromatic N) is 4. The Morgan fingerprint density at radius 3 is 2.53 bits per heavy atom. The van der Waals surface area contributed by atoms with Crippen LogP contribution < -0.4 is 0 Å². The van der Waals surface area contributed by atoms with Crippen molar-refractivity contribution in [2.45, 2.75) is 13.8 Å². The number of carbonyl (C=O) groups is 1. The van der Waals surface area contributed by atoms with Crippen LogP contribution in [0, 0.1) is 13.8 Å². The third-order valence-electron chi connectivity index (χ3n) is 2.54. The molecular weight excluding hydrogens is 268 g/mol. The Balaban J connectivity index is 2.55. The van der Waals surface area contributed by atoms with E-state index in [9.17, 15) is 13.2 Å². The second kappa shape index (κ2) is 4.54. The van der Waals surface area contributed by atoms with E-state index in [1.807, 2.05) is 6.92 Å². The lowest BCUT2D eigenvalue weighted by atomic mass is 10.1. The van der Waals surface area contributed by atoms with Crippen LogP contribution in [0.15, 0.2) is 18.3 Å². The molecule has 19 heavy (non-hydrogen) atoms. The minimum Gasteiger partial charge on any atom is -0.287 e. The zero-order valence-corrected chi connectivity index (χ0v) is 11.5. The van der Waals surface area contributed by atoms with Crippen LogP contribution in [0.3, 0.4) is 0 Å². The standard InChI is InChI=1S/C11H12N4O3S/c1-7-4-5-9(8(2)13-7)11(16)10-6-12-14-15(10)19(3,17)18/h4-6H,1-3H3. The molecule has 0 fully saturated rings. The summed E-state index contributed by atoms with van der Waals surface area (Å²) in [5.74, 6) is -0.472. The zero-order chi connectivity index (χ0) is 14.2. The summed E-state index contributed by atoms with van der Waals surface area (Å²) >= 11 is 0. The quantitative estimate of drug-likeness (QED) is 0.752. The molecule has 8 heteroatoms. The molecule has 0 radical (unpaired) electrons. The lowest BCUT2D eigenvalue weighted by molar-refractivity contribution is 0.103. The fourth-order valence-corrected chi connectivity index (χ4v) is 2.34. The molecule has 2 rings (SSSR count). The molecule has 2 aromatic heterocycles. The maximum absolute atomic E-state index is 12.3. The minimum absolute atomic E-state index is 0.101. The lowest BCUT2D eigenvalue weighted by Crippen LogP contribution is -2.19. The predicted molar refractivity (Wildman–Crippen MR) is 67.4 cm³/mol. The Morgan fingerprint density at radius 1 is 1.26 bits per heavy atom. The van der Waals surface area contributed by atoms with E-state index in [0.717, 1.165) is 18.1 Å². The maximum atomic E-state index is 12.3. The van der Waals surface area contributed by atoms with Crippen LogP contribution in [0.1, 0.15) is 27.4 Å². The van der Waals surface area contributed by atoms with Gasteiger partial charge in [0, 0.05) is 17.0 Å². The van der Waals surface area contributed by atoms with E-state index in [-0.39, 0.29) is 5.69 Å². The molecule has 0 amide bonds. The van der Waals surface area contributed by atoms with E-state index in [0.29, 0.717) is 15.3 Å². The molecule has 0 spiro atoms. The average Bonchev–Trinajstić information content (AvgIpc) is 2.76. The highest BCUT2D eigenvalue weighted by Gasteiger charge is 2.22. The smallest absolute Gasteiger partial charge is 0.252 e. The Labute approximate surface area is 110 Å². The molecular formula is C11H12N4O3S. The van der Waals surface area contributed by atoms with Gasteiger partial charge in [0.15, 0.2) is 0 Å². The summed E-state index contributed by atoms with van der Waals surface area (Å²) < 4.78 is 23.6. The molecule has 0 aliphatic heterocycles. The van der Waals surface area contributed by atoms with Crippen molar-refractivity contribution in [1.82, 2.24) is 19.4 Å². The molecule has 2 heterocycles. The fraction of sp³-hybridized carbons (Fsp3) is 0.273. The van der Waals surface area contributed by atoms with Crippen LogP contribution in [-0.2, 0) is 10.0 Å². The van der Waals surface area contributed by atoms with E-state index in [1.54, 1.807) is 19.1 Å². The average molecular weight is 280 g/mol. The third-order valence-corrected chi connectivity index (χ3v) is 3.43. The summed E-state index contributed by atoms with van der Waals surface area (Å²) in [6.45, 7) is 3.50. The molecule has 0 saturated heterocycles. The highest BCUT2D eigenvalue weighted by atomic mass is 32.2. The van der Waals surface area contributed by atoms with Gasteiger partial charge in [0.05, 0.1) is 12.5 Å². The first kappa shape index (κ1) is 13.3. The Bertz CT molecular complexity index is 749. The van der Waals surface area contributed by atoms with Crippen molar-refractivity contribution in [1.29, 1.82) is 0 Å². The van der Waals surface area contributed by atoms with Crippen molar-refractivity contribution >= 4 is 15.8 Å². The molecule has 2 aromatic rings. The van der Waals surface area contributed by atoms with Gasteiger partial charge < -0.3 is 0 Å². The van der Waals surface area contributed by atoms with Gasteiger partial charge in [0.1, 0.15) is 5.69 Å². The second-order valence-corrected chi connectivity index (χ2v) is 5.95. The van der Waals surface area contributed by atoms with E-state index in [1.165, 1.54) is 0 Å². The van der Waals surface area contributed by atoms with Crippen molar-refractivity contribution in [3.05, 3.63) is 41.0 Å². The summed E-state index contributed by atoms with van der Waals surface area (Å²) in [7, 11) is -3.66. The third kappa shape index (κ3) is 2.53. The molecule has 0 saturated carbocycles. The van der Waals surface area contributed by atoms with Crippen LogP contribution in [0.5, 0.6) is 0 Å². The molecule has 0 N–H and O–H groups in total. The SMILES string of the molecule is Cc1ccc(C(=O)c2cnnn2S(C)(=O)=O)c(C)n1. The van der Waals surface area contributed by atoms with Crippen LogP contribution in [0.25, 0.3) is 0 Å². The topological polar surface area (TPSA) is 94.8 Å².